The molecule has 1 amide bonds. The van der Waals surface area contributed by atoms with E-state index in [2.05, 4.69) is 30.6 Å². The second-order valence-electron chi connectivity index (χ2n) is 5.89. The molecule has 0 atom stereocenters. The molecule has 128 valence electrons. The zero-order valence-electron chi connectivity index (χ0n) is 14.0. The van der Waals surface area contributed by atoms with Crippen LogP contribution in [0.1, 0.15) is 15.9 Å². The van der Waals surface area contributed by atoms with Crippen LogP contribution in [0.2, 0.25) is 0 Å². The normalized spacial score (nSPS) is 10.8. The number of nitrogens with zero attached hydrogens (tertiary/aromatic N) is 6. The number of amides is 1. The van der Waals surface area contributed by atoms with Crippen molar-refractivity contribution in [3.63, 3.8) is 0 Å². The summed E-state index contributed by atoms with van der Waals surface area (Å²) in [4.78, 5) is 22.8. The number of aromatic nitrogens is 6. The van der Waals surface area contributed by atoms with E-state index in [1.165, 1.54) is 0 Å². The molecule has 0 bridgehead atoms. The molecule has 8 heteroatoms. The zero-order valence-corrected chi connectivity index (χ0v) is 14.0. The molecule has 0 saturated heterocycles. The maximum Gasteiger partial charge on any atom is 0.255 e. The van der Waals surface area contributed by atoms with E-state index in [-0.39, 0.29) is 5.91 Å². The van der Waals surface area contributed by atoms with E-state index in [9.17, 15) is 4.79 Å². The Kier molecular flexibility index (Phi) is 4.06. The van der Waals surface area contributed by atoms with Crippen LogP contribution in [0.5, 0.6) is 0 Å². The highest BCUT2D eigenvalue weighted by Gasteiger charge is 2.14. The first-order chi connectivity index (χ1) is 12.7. The molecule has 0 saturated carbocycles. The largest absolute Gasteiger partial charge is 0.337 e. The lowest BCUT2D eigenvalue weighted by molar-refractivity contribution is 0.0785. The van der Waals surface area contributed by atoms with E-state index in [1.807, 2.05) is 36.4 Å². The summed E-state index contributed by atoms with van der Waals surface area (Å²) in [6.07, 6.45) is 4.98. The van der Waals surface area contributed by atoms with Gasteiger partial charge in [-0.1, -0.05) is 18.2 Å². The number of aromatic amines is 1. The number of hydrogen-bond donors (Lipinski definition) is 1. The molecule has 0 fully saturated rings. The summed E-state index contributed by atoms with van der Waals surface area (Å²) in [5.41, 5.74) is 3.16. The van der Waals surface area contributed by atoms with E-state index in [0.29, 0.717) is 17.9 Å². The molecular formula is C18H15N7O. The molecule has 3 heterocycles. The number of H-pyrrole nitrogens is 1. The van der Waals surface area contributed by atoms with Gasteiger partial charge in [0.25, 0.3) is 5.91 Å². The van der Waals surface area contributed by atoms with Crippen LogP contribution in [0.15, 0.2) is 55.0 Å². The Labute approximate surface area is 148 Å². The van der Waals surface area contributed by atoms with Crippen molar-refractivity contribution in [2.45, 2.75) is 6.54 Å². The van der Waals surface area contributed by atoms with Gasteiger partial charge in [-0.25, -0.2) is 0 Å². The van der Waals surface area contributed by atoms with Gasteiger partial charge < -0.3 is 4.90 Å². The van der Waals surface area contributed by atoms with Gasteiger partial charge >= 0.3 is 0 Å². The fourth-order valence-corrected chi connectivity index (χ4v) is 2.75. The average Bonchev–Trinajstić information content (AvgIpc) is 3.22. The molecule has 1 N–H and O–H groups in total. The summed E-state index contributed by atoms with van der Waals surface area (Å²) in [6, 6.07) is 11.3. The minimum Gasteiger partial charge on any atom is -0.337 e. The predicted octanol–water partition coefficient (Wildman–Crippen LogP) is 2.08. The van der Waals surface area contributed by atoms with Crippen LogP contribution in [0.4, 0.5) is 0 Å². The standard InChI is InChI=1S/C18H15N7O/c1-25(11-12-3-2-4-13(7-12)17-21-23-24-22-17)18(26)15-8-14-9-19-6-5-16(14)20-10-15/h2-10H,11H2,1H3,(H,21,22,23,24). The van der Waals surface area contributed by atoms with Crippen molar-refractivity contribution in [3.8, 4) is 11.4 Å². The van der Waals surface area contributed by atoms with Crippen LogP contribution >= 0.6 is 0 Å². The highest BCUT2D eigenvalue weighted by Crippen LogP contribution is 2.17. The number of benzene rings is 1. The van der Waals surface area contributed by atoms with E-state index < -0.39 is 0 Å². The van der Waals surface area contributed by atoms with E-state index in [1.54, 1.807) is 30.5 Å². The number of nitrogens with one attached hydrogen (secondary N) is 1. The number of pyridine rings is 2. The summed E-state index contributed by atoms with van der Waals surface area (Å²) in [7, 11) is 1.76. The molecular weight excluding hydrogens is 330 g/mol. The third-order valence-corrected chi connectivity index (χ3v) is 4.03. The minimum atomic E-state index is -0.104. The second kappa shape index (κ2) is 6.67. The molecule has 26 heavy (non-hydrogen) atoms. The lowest BCUT2D eigenvalue weighted by Crippen LogP contribution is -2.26. The number of carbonyl (C=O) groups is 1. The maximum absolute atomic E-state index is 12.7. The van der Waals surface area contributed by atoms with Gasteiger partial charge in [0.15, 0.2) is 0 Å². The fourth-order valence-electron chi connectivity index (χ4n) is 2.75. The third-order valence-electron chi connectivity index (χ3n) is 4.03. The third kappa shape index (κ3) is 3.12. The second-order valence-corrected chi connectivity index (χ2v) is 5.89. The average molecular weight is 345 g/mol. The van der Waals surface area contributed by atoms with Crippen molar-refractivity contribution in [1.82, 2.24) is 35.5 Å². The summed E-state index contributed by atoms with van der Waals surface area (Å²) in [5.74, 6) is 0.417. The lowest BCUT2D eigenvalue weighted by Gasteiger charge is -2.17. The van der Waals surface area contributed by atoms with Gasteiger partial charge in [-0.05, 0) is 29.0 Å². The number of carbonyl (C=O) groups excluding carboxylic acids is 1. The van der Waals surface area contributed by atoms with Gasteiger partial charge in [0, 0.05) is 43.1 Å². The quantitative estimate of drug-likeness (QED) is 0.608. The molecule has 3 aromatic heterocycles. The smallest absolute Gasteiger partial charge is 0.255 e. The van der Waals surface area contributed by atoms with Gasteiger partial charge in [-0.3, -0.25) is 14.8 Å². The van der Waals surface area contributed by atoms with Crippen molar-refractivity contribution in [1.29, 1.82) is 0 Å². The Hall–Kier alpha value is -3.68. The van der Waals surface area contributed by atoms with Gasteiger partial charge in [0.1, 0.15) is 0 Å². The SMILES string of the molecule is CN(Cc1cccc(-c2nn[nH]n2)c1)C(=O)c1cnc2ccncc2c1. The Morgan fingerprint density at radius 1 is 1.19 bits per heavy atom. The molecule has 4 rings (SSSR count). The van der Waals surface area contributed by atoms with Crippen molar-refractivity contribution in [2.75, 3.05) is 7.05 Å². The number of hydrogen-bond acceptors (Lipinski definition) is 6. The van der Waals surface area contributed by atoms with Crippen molar-refractivity contribution in [2.24, 2.45) is 0 Å². The maximum atomic E-state index is 12.7. The van der Waals surface area contributed by atoms with E-state index in [4.69, 9.17) is 0 Å². The molecule has 0 aliphatic rings. The van der Waals surface area contributed by atoms with Gasteiger partial charge in [0.05, 0.1) is 11.1 Å². The molecule has 0 spiro atoms. The Bertz CT molecular complexity index is 1060. The van der Waals surface area contributed by atoms with Crippen LogP contribution in [0.25, 0.3) is 22.3 Å². The predicted molar refractivity (Wildman–Crippen MR) is 94.9 cm³/mol. The Morgan fingerprint density at radius 2 is 2.12 bits per heavy atom. The highest BCUT2D eigenvalue weighted by atomic mass is 16.2. The minimum absolute atomic E-state index is 0.104. The summed E-state index contributed by atoms with van der Waals surface area (Å²) in [5, 5.41) is 14.8. The summed E-state index contributed by atoms with van der Waals surface area (Å²) in [6.45, 7) is 0.454. The van der Waals surface area contributed by atoms with Gasteiger partial charge in [-0.2, -0.15) is 5.21 Å². The molecule has 1 aromatic carbocycles. The van der Waals surface area contributed by atoms with Crippen LogP contribution in [-0.2, 0) is 6.54 Å². The number of rotatable bonds is 4. The van der Waals surface area contributed by atoms with Crippen molar-refractivity contribution < 1.29 is 4.79 Å². The fraction of sp³-hybridized carbons (Fsp3) is 0.111. The zero-order chi connectivity index (χ0) is 17.9. The molecule has 0 aliphatic heterocycles. The summed E-state index contributed by atoms with van der Waals surface area (Å²) < 4.78 is 0. The molecule has 0 unspecified atom stereocenters. The molecule has 8 nitrogen and oxygen atoms in total. The van der Waals surface area contributed by atoms with Crippen LogP contribution in [-0.4, -0.2) is 48.4 Å². The first kappa shape index (κ1) is 15.8. The van der Waals surface area contributed by atoms with E-state index >= 15 is 0 Å². The summed E-state index contributed by atoms with van der Waals surface area (Å²) >= 11 is 0. The van der Waals surface area contributed by atoms with E-state index in [0.717, 1.165) is 22.0 Å². The van der Waals surface area contributed by atoms with Crippen molar-refractivity contribution in [3.05, 3.63) is 66.1 Å². The van der Waals surface area contributed by atoms with Crippen molar-refractivity contribution >= 4 is 16.8 Å². The monoisotopic (exact) mass is 345 g/mol. The Balaban J connectivity index is 1.54. The molecule has 0 aliphatic carbocycles. The van der Waals surface area contributed by atoms with Crippen LogP contribution in [0, 0.1) is 0 Å². The van der Waals surface area contributed by atoms with Gasteiger partial charge in [-0.15, -0.1) is 10.2 Å². The van der Waals surface area contributed by atoms with Gasteiger partial charge in [0.2, 0.25) is 5.82 Å². The molecule has 0 radical (unpaired) electrons. The number of tetrazole rings is 1. The molecule has 4 aromatic rings. The Morgan fingerprint density at radius 3 is 2.96 bits per heavy atom. The first-order valence-electron chi connectivity index (χ1n) is 7.99. The highest BCUT2D eigenvalue weighted by molar-refractivity contribution is 5.96. The number of fused-ring (bicyclic) bond motifs is 1. The lowest BCUT2D eigenvalue weighted by atomic mass is 10.1. The topological polar surface area (TPSA) is 101 Å². The van der Waals surface area contributed by atoms with Crippen LogP contribution < -0.4 is 0 Å². The first-order valence-corrected chi connectivity index (χ1v) is 7.99. The van der Waals surface area contributed by atoms with Crippen LogP contribution in [0.3, 0.4) is 0 Å².